The maximum absolute atomic E-state index is 12.2. The van der Waals surface area contributed by atoms with Gasteiger partial charge in [0.15, 0.2) is 0 Å². The van der Waals surface area contributed by atoms with Crippen molar-refractivity contribution in [1.82, 2.24) is 10.3 Å². The number of amides is 1. The first kappa shape index (κ1) is 17.6. The minimum atomic E-state index is -0.103. The van der Waals surface area contributed by atoms with Crippen LogP contribution < -0.4 is 5.32 Å². The van der Waals surface area contributed by atoms with E-state index in [9.17, 15) is 4.79 Å². The van der Waals surface area contributed by atoms with Crippen molar-refractivity contribution in [1.29, 1.82) is 0 Å². The SMILES string of the molecule is CCC(NC(=O)COCc1nc2ccccc2s1)c1ccc(C)cc1. The van der Waals surface area contributed by atoms with E-state index in [1.54, 1.807) is 11.3 Å². The summed E-state index contributed by atoms with van der Waals surface area (Å²) in [7, 11) is 0. The van der Waals surface area contributed by atoms with E-state index < -0.39 is 0 Å². The molecule has 3 rings (SSSR count). The second-order valence-electron chi connectivity index (χ2n) is 6.01. The lowest BCUT2D eigenvalue weighted by Crippen LogP contribution is -2.31. The van der Waals surface area contributed by atoms with Gasteiger partial charge in [0.2, 0.25) is 5.91 Å². The molecule has 0 spiro atoms. The van der Waals surface area contributed by atoms with Gasteiger partial charge in [0.1, 0.15) is 11.6 Å². The van der Waals surface area contributed by atoms with E-state index in [2.05, 4.69) is 48.4 Å². The highest BCUT2D eigenvalue weighted by atomic mass is 32.1. The number of carbonyl (C=O) groups excluding carboxylic acids is 1. The summed E-state index contributed by atoms with van der Waals surface area (Å²) in [4.78, 5) is 16.7. The van der Waals surface area contributed by atoms with E-state index in [0.717, 1.165) is 27.2 Å². The number of hydrogen-bond donors (Lipinski definition) is 1. The van der Waals surface area contributed by atoms with Crippen molar-refractivity contribution in [3.8, 4) is 0 Å². The van der Waals surface area contributed by atoms with Crippen molar-refractivity contribution in [2.24, 2.45) is 0 Å². The fourth-order valence-electron chi connectivity index (χ4n) is 2.67. The lowest BCUT2D eigenvalue weighted by molar-refractivity contribution is -0.126. The van der Waals surface area contributed by atoms with E-state index in [0.29, 0.717) is 6.61 Å². The molecule has 5 heteroatoms. The molecule has 4 nitrogen and oxygen atoms in total. The first-order valence-electron chi connectivity index (χ1n) is 8.44. The van der Waals surface area contributed by atoms with E-state index in [1.807, 2.05) is 24.3 Å². The minimum absolute atomic E-state index is 0.0131. The molecule has 0 bridgehead atoms. The Kier molecular flexibility index (Phi) is 5.79. The number of ether oxygens (including phenoxy) is 1. The maximum Gasteiger partial charge on any atom is 0.246 e. The third-order valence-electron chi connectivity index (χ3n) is 4.02. The van der Waals surface area contributed by atoms with Gasteiger partial charge in [-0.25, -0.2) is 4.98 Å². The lowest BCUT2D eigenvalue weighted by Gasteiger charge is -2.17. The van der Waals surface area contributed by atoms with Gasteiger partial charge in [-0.2, -0.15) is 0 Å². The summed E-state index contributed by atoms with van der Waals surface area (Å²) in [5.74, 6) is -0.103. The number of rotatable bonds is 7. The van der Waals surface area contributed by atoms with E-state index in [4.69, 9.17) is 4.74 Å². The number of carbonyl (C=O) groups is 1. The largest absolute Gasteiger partial charge is 0.364 e. The molecule has 130 valence electrons. The van der Waals surface area contributed by atoms with E-state index >= 15 is 0 Å². The molecule has 2 aromatic carbocycles. The van der Waals surface area contributed by atoms with Gasteiger partial charge in [-0.1, -0.05) is 48.9 Å². The Hall–Kier alpha value is -2.24. The van der Waals surface area contributed by atoms with Crippen LogP contribution >= 0.6 is 11.3 Å². The molecule has 0 aliphatic carbocycles. The zero-order valence-electron chi connectivity index (χ0n) is 14.5. The molecule has 0 saturated carbocycles. The quantitative estimate of drug-likeness (QED) is 0.685. The molecule has 0 aliphatic heterocycles. The first-order valence-corrected chi connectivity index (χ1v) is 9.25. The third kappa shape index (κ3) is 4.65. The van der Waals surface area contributed by atoms with Crippen LogP contribution in [0.3, 0.4) is 0 Å². The summed E-state index contributed by atoms with van der Waals surface area (Å²) in [6.45, 7) is 4.51. The number of aromatic nitrogens is 1. The highest BCUT2D eigenvalue weighted by Gasteiger charge is 2.13. The van der Waals surface area contributed by atoms with Crippen LogP contribution in [0.1, 0.15) is 35.5 Å². The molecule has 0 radical (unpaired) electrons. The summed E-state index contributed by atoms with van der Waals surface area (Å²) >= 11 is 1.60. The van der Waals surface area contributed by atoms with Crippen molar-refractivity contribution >= 4 is 27.5 Å². The van der Waals surface area contributed by atoms with Gasteiger partial charge in [-0.3, -0.25) is 4.79 Å². The van der Waals surface area contributed by atoms with Crippen LogP contribution in [-0.2, 0) is 16.1 Å². The molecule has 3 aromatic rings. The van der Waals surface area contributed by atoms with Gasteiger partial charge in [0.25, 0.3) is 0 Å². The van der Waals surface area contributed by atoms with E-state index in [1.165, 1.54) is 5.56 Å². The van der Waals surface area contributed by atoms with Crippen molar-refractivity contribution in [2.75, 3.05) is 6.61 Å². The summed E-state index contributed by atoms with van der Waals surface area (Å²) < 4.78 is 6.68. The van der Waals surface area contributed by atoms with Crippen LogP contribution in [0.25, 0.3) is 10.2 Å². The zero-order chi connectivity index (χ0) is 17.6. The van der Waals surface area contributed by atoms with Crippen LogP contribution in [-0.4, -0.2) is 17.5 Å². The smallest absolute Gasteiger partial charge is 0.246 e. The monoisotopic (exact) mass is 354 g/mol. The number of fused-ring (bicyclic) bond motifs is 1. The summed E-state index contributed by atoms with van der Waals surface area (Å²) in [5, 5.41) is 3.92. The number of aryl methyl sites for hydroxylation is 1. The summed E-state index contributed by atoms with van der Waals surface area (Å²) in [6, 6.07) is 16.2. The molecule has 1 amide bonds. The minimum Gasteiger partial charge on any atom is -0.364 e. The fourth-order valence-corrected chi connectivity index (χ4v) is 3.57. The fraction of sp³-hybridized carbons (Fsp3) is 0.300. The van der Waals surface area contributed by atoms with Gasteiger partial charge >= 0.3 is 0 Å². The molecule has 1 aromatic heterocycles. The number of hydrogen-bond acceptors (Lipinski definition) is 4. The number of nitrogens with one attached hydrogen (secondary N) is 1. The molecule has 1 unspecified atom stereocenters. The normalized spacial score (nSPS) is 12.2. The molecule has 1 heterocycles. The summed E-state index contributed by atoms with van der Waals surface area (Å²) in [6.07, 6.45) is 0.840. The highest BCUT2D eigenvalue weighted by Crippen LogP contribution is 2.22. The van der Waals surface area contributed by atoms with E-state index in [-0.39, 0.29) is 18.6 Å². The molecular formula is C20H22N2O2S. The third-order valence-corrected chi connectivity index (χ3v) is 5.03. The van der Waals surface area contributed by atoms with Gasteiger partial charge in [0, 0.05) is 0 Å². The van der Waals surface area contributed by atoms with Crippen LogP contribution in [0.5, 0.6) is 0 Å². The van der Waals surface area contributed by atoms with Crippen molar-refractivity contribution < 1.29 is 9.53 Å². The van der Waals surface area contributed by atoms with Gasteiger partial charge in [0.05, 0.1) is 22.9 Å². The predicted octanol–water partition coefficient (Wildman–Crippen LogP) is 4.39. The van der Waals surface area contributed by atoms with Crippen LogP contribution in [0, 0.1) is 6.92 Å². The highest BCUT2D eigenvalue weighted by molar-refractivity contribution is 7.18. The Morgan fingerprint density at radius 1 is 1.20 bits per heavy atom. The number of benzene rings is 2. The van der Waals surface area contributed by atoms with Gasteiger partial charge in [-0.05, 0) is 31.0 Å². The van der Waals surface area contributed by atoms with Crippen molar-refractivity contribution in [2.45, 2.75) is 32.9 Å². The van der Waals surface area contributed by atoms with Crippen LogP contribution in [0.4, 0.5) is 0 Å². The number of thiazole rings is 1. The Balaban J connectivity index is 1.50. The van der Waals surface area contributed by atoms with Gasteiger partial charge in [-0.15, -0.1) is 11.3 Å². The number of para-hydroxylation sites is 1. The number of nitrogens with zero attached hydrogens (tertiary/aromatic N) is 1. The average molecular weight is 354 g/mol. The molecule has 0 saturated heterocycles. The molecule has 0 aliphatic rings. The molecule has 25 heavy (non-hydrogen) atoms. The molecule has 1 atom stereocenters. The second-order valence-corrected chi connectivity index (χ2v) is 7.12. The summed E-state index contributed by atoms with van der Waals surface area (Å²) in [5.41, 5.74) is 3.30. The van der Waals surface area contributed by atoms with Crippen LogP contribution in [0.15, 0.2) is 48.5 Å². The van der Waals surface area contributed by atoms with Crippen LogP contribution in [0.2, 0.25) is 0 Å². The molecule has 0 fully saturated rings. The Bertz CT molecular complexity index is 809. The maximum atomic E-state index is 12.2. The van der Waals surface area contributed by atoms with Crippen molar-refractivity contribution in [3.05, 3.63) is 64.7 Å². The lowest BCUT2D eigenvalue weighted by atomic mass is 10.0. The predicted molar refractivity (Wildman–Crippen MR) is 102 cm³/mol. The zero-order valence-corrected chi connectivity index (χ0v) is 15.3. The topological polar surface area (TPSA) is 51.2 Å². The Morgan fingerprint density at radius 2 is 1.96 bits per heavy atom. The first-order chi connectivity index (χ1) is 12.2. The molecular weight excluding hydrogens is 332 g/mol. The van der Waals surface area contributed by atoms with Crippen molar-refractivity contribution in [3.63, 3.8) is 0 Å². The Morgan fingerprint density at radius 3 is 2.68 bits per heavy atom. The van der Waals surface area contributed by atoms with Gasteiger partial charge < -0.3 is 10.1 Å². The average Bonchev–Trinajstić information content (AvgIpc) is 3.03. The standard InChI is InChI=1S/C20H22N2O2S/c1-3-16(15-10-8-14(2)9-11-15)21-19(23)12-24-13-20-22-17-6-4-5-7-18(17)25-20/h4-11,16H,3,12-13H2,1-2H3,(H,21,23). The second kappa shape index (κ2) is 8.23. The molecule has 1 N–H and O–H groups in total. The Labute approximate surface area is 151 Å².